The first kappa shape index (κ1) is 11.4. The number of amides is 1. The van der Waals surface area contributed by atoms with Crippen molar-refractivity contribution in [3.63, 3.8) is 0 Å². The van der Waals surface area contributed by atoms with Crippen molar-refractivity contribution in [2.45, 2.75) is 37.8 Å². The summed E-state index contributed by atoms with van der Waals surface area (Å²) in [5.41, 5.74) is 6.13. The van der Waals surface area contributed by atoms with Gasteiger partial charge in [-0.2, -0.15) is 5.10 Å². The summed E-state index contributed by atoms with van der Waals surface area (Å²) in [5.74, 6) is -0.177. The maximum Gasteiger partial charge on any atom is 0.272 e. The van der Waals surface area contributed by atoms with Crippen molar-refractivity contribution in [2.75, 3.05) is 0 Å². The minimum absolute atomic E-state index is 0.177. The van der Waals surface area contributed by atoms with Crippen molar-refractivity contribution in [2.24, 2.45) is 5.73 Å². The summed E-state index contributed by atoms with van der Waals surface area (Å²) >= 11 is 5.65. The quantitative estimate of drug-likeness (QED) is 0.725. The van der Waals surface area contributed by atoms with Crippen LogP contribution in [0.15, 0.2) is 6.07 Å². The minimum atomic E-state index is -0.177. The second kappa shape index (κ2) is 4.84. The minimum Gasteiger partial charge on any atom is -0.348 e. The second-order valence-electron chi connectivity index (χ2n) is 4.19. The number of aromatic nitrogens is 2. The Hall–Kier alpha value is -1.07. The Bertz CT molecular complexity index is 371. The molecule has 1 aliphatic carbocycles. The Morgan fingerprint density at radius 2 is 2.19 bits per heavy atom. The highest BCUT2D eigenvalue weighted by molar-refractivity contribution is 6.29. The number of H-pyrrole nitrogens is 1. The zero-order chi connectivity index (χ0) is 11.5. The van der Waals surface area contributed by atoms with Crippen LogP contribution in [0.25, 0.3) is 0 Å². The number of carbonyl (C=O) groups is 1. The van der Waals surface area contributed by atoms with Gasteiger partial charge >= 0.3 is 0 Å². The molecule has 0 aromatic carbocycles. The van der Waals surface area contributed by atoms with Gasteiger partial charge in [0, 0.05) is 18.2 Å². The van der Waals surface area contributed by atoms with E-state index in [1.165, 1.54) is 6.07 Å². The third-order valence-corrected chi connectivity index (χ3v) is 3.08. The fourth-order valence-corrected chi connectivity index (χ4v) is 2.08. The summed E-state index contributed by atoms with van der Waals surface area (Å²) in [5, 5.41) is 9.64. The summed E-state index contributed by atoms with van der Waals surface area (Å²) in [4.78, 5) is 11.7. The number of aromatic amines is 1. The molecule has 0 saturated heterocycles. The normalized spacial score (nSPS) is 25.4. The van der Waals surface area contributed by atoms with Crippen molar-refractivity contribution in [3.05, 3.63) is 16.9 Å². The Morgan fingerprint density at radius 3 is 2.75 bits per heavy atom. The van der Waals surface area contributed by atoms with Crippen LogP contribution < -0.4 is 11.1 Å². The summed E-state index contributed by atoms with van der Waals surface area (Å²) in [6.45, 7) is 0. The lowest BCUT2D eigenvalue weighted by molar-refractivity contribution is 0.0921. The van der Waals surface area contributed by atoms with Crippen molar-refractivity contribution >= 4 is 17.5 Å². The lowest BCUT2D eigenvalue weighted by Gasteiger charge is -2.26. The number of nitrogens with one attached hydrogen (secondary N) is 2. The molecule has 2 rings (SSSR count). The number of hydrogen-bond donors (Lipinski definition) is 3. The molecule has 88 valence electrons. The third kappa shape index (κ3) is 2.74. The van der Waals surface area contributed by atoms with E-state index in [-0.39, 0.29) is 18.0 Å². The van der Waals surface area contributed by atoms with Gasteiger partial charge in [0.05, 0.1) is 0 Å². The molecule has 6 heteroatoms. The lowest BCUT2D eigenvalue weighted by Crippen LogP contribution is -2.40. The van der Waals surface area contributed by atoms with Crippen molar-refractivity contribution < 1.29 is 4.79 Å². The SMILES string of the molecule is NC1CCC(NC(=O)c2cc(Cl)[nH]n2)CC1. The maximum absolute atomic E-state index is 11.7. The topological polar surface area (TPSA) is 83.8 Å². The van der Waals surface area contributed by atoms with Gasteiger partial charge in [0.1, 0.15) is 5.15 Å². The molecule has 0 unspecified atom stereocenters. The first-order valence-electron chi connectivity index (χ1n) is 5.42. The van der Waals surface area contributed by atoms with Crippen LogP contribution in [0.4, 0.5) is 0 Å². The van der Waals surface area contributed by atoms with Crippen molar-refractivity contribution in [1.29, 1.82) is 0 Å². The molecule has 16 heavy (non-hydrogen) atoms. The molecule has 0 spiro atoms. The predicted octanol–water partition coefficient (Wildman–Crippen LogP) is 1.06. The molecule has 1 fully saturated rings. The highest BCUT2D eigenvalue weighted by Crippen LogP contribution is 2.17. The molecule has 0 aliphatic heterocycles. The lowest BCUT2D eigenvalue weighted by atomic mass is 9.92. The Labute approximate surface area is 98.7 Å². The molecule has 1 aromatic heterocycles. The highest BCUT2D eigenvalue weighted by Gasteiger charge is 2.21. The average molecular weight is 243 g/mol. The molecule has 1 aromatic rings. The van der Waals surface area contributed by atoms with Gasteiger partial charge in [0.2, 0.25) is 0 Å². The van der Waals surface area contributed by atoms with Gasteiger partial charge in [-0.15, -0.1) is 0 Å². The van der Waals surface area contributed by atoms with E-state index in [2.05, 4.69) is 15.5 Å². The summed E-state index contributed by atoms with van der Waals surface area (Å²) in [6, 6.07) is 2.02. The monoisotopic (exact) mass is 242 g/mol. The van der Waals surface area contributed by atoms with E-state index < -0.39 is 0 Å². The number of nitrogens with zero attached hydrogens (tertiary/aromatic N) is 1. The molecule has 1 heterocycles. The van der Waals surface area contributed by atoms with E-state index in [0.29, 0.717) is 10.8 Å². The van der Waals surface area contributed by atoms with E-state index in [1.807, 2.05) is 0 Å². The second-order valence-corrected chi connectivity index (χ2v) is 4.59. The van der Waals surface area contributed by atoms with Gasteiger partial charge in [-0.25, -0.2) is 0 Å². The molecule has 1 aliphatic rings. The zero-order valence-electron chi connectivity index (χ0n) is 8.87. The molecule has 0 radical (unpaired) electrons. The summed E-state index contributed by atoms with van der Waals surface area (Å²) < 4.78 is 0. The number of carbonyl (C=O) groups excluding carboxylic acids is 1. The van der Waals surface area contributed by atoms with E-state index in [1.54, 1.807) is 0 Å². The van der Waals surface area contributed by atoms with Crippen molar-refractivity contribution in [3.8, 4) is 0 Å². The standard InChI is InChI=1S/C10H15ClN4O/c11-9-5-8(14-15-9)10(16)13-7-3-1-6(12)2-4-7/h5-7H,1-4,12H2,(H,13,16)(H,14,15). The van der Waals surface area contributed by atoms with E-state index in [4.69, 9.17) is 17.3 Å². The van der Waals surface area contributed by atoms with Crippen molar-refractivity contribution in [1.82, 2.24) is 15.5 Å². The summed E-state index contributed by atoms with van der Waals surface area (Å²) in [7, 11) is 0. The number of hydrogen-bond acceptors (Lipinski definition) is 3. The Morgan fingerprint density at radius 1 is 1.50 bits per heavy atom. The maximum atomic E-state index is 11.7. The largest absolute Gasteiger partial charge is 0.348 e. The van der Waals surface area contributed by atoms with Crippen LogP contribution in [0.1, 0.15) is 36.2 Å². The molecule has 1 saturated carbocycles. The highest BCUT2D eigenvalue weighted by atomic mass is 35.5. The molecule has 4 N–H and O–H groups in total. The van der Waals surface area contributed by atoms with Crippen LogP contribution in [-0.2, 0) is 0 Å². The fourth-order valence-electron chi connectivity index (χ4n) is 1.94. The van der Waals surface area contributed by atoms with Crippen LogP contribution in [0, 0.1) is 0 Å². The Kier molecular flexibility index (Phi) is 3.46. The molecule has 1 amide bonds. The van der Waals surface area contributed by atoms with E-state index >= 15 is 0 Å². The van der Waals surface area contributed by atoms with E-state index in [9.17, 15) is 4.79 Å². The first-order chi connectivity index (χ1) is 7.65. The van der Waals surface area contributed by atoms with Gasteiger partial charge in [-0.05, 0) is 25.7 Å². The third-order valence-electron chi connectivity index (χ3n) is 2.89. The van der Waals surface area contributed by atoms with Gasteiger partial charge in [0.15, 0.2) is 5.69 Å². The molecule has 0 bridgehead atoms. The summed E-state index contributed by atoms with van der Waals surface area (Å²) in [6.07, 6.45) is 3.80. The van der Waals surface area contributed by atoms with Crippen LogP contribution in [0.3, 0.4) is 0 Å². The van der Waals surface area contributed by atoms with Crippen LogP contribution >= 0.6 is 11.6 Å². The molecule has 5 nitrogen and oxygen atoms in total. The number of rotatable bonds is 2. The van der Waals surface area contributed by atoms with Gasteiger partial charge in [0.25, 0.3) is 5.91 Å². The number of nitrogens with two attached hydrogens (primary N) is 1. The van der Waals surface area contributed by atoms with E-state index in [0.717, 1.165) is 25.7 Å². The molecule has 0 atom stereocenters. The van der Waals surface area contributed by atoms with Gasteiger partial charge in [-0.1, -0.05) is 11.6 Å². The first-order valence-corrected chi connectivity index (χ1v) is 5.80. The zero-order valence-corrected chi connectivity index (χ0v) is 9.63. The Balaban J connectivity index is 1.88. The number of halogens is 1. The smallest absolute Gasteiger partial charge is 0.272 e. The molecular weight excluding hydrogens is 228 g/mol. The van der Waals surface area contributed by atoms with Gasteiger partial charge < -0.3 is 11.1 Å². The fraction of sp³-hybridized carbons (Fsp3) is 0.600. The van der Waals surface area contributed by atoms with Crippen LogP contribution in [0.2, 0.25) is 5.15 Å². The van der Waals surface area contributed by atoms with Crippen LogP contribution in [0.5, 0.6) is 0 Å². The van der Waals surface area contributed by atoms with Gasteiger partial charge in [-0.3, -0.25) is 9.89 Å². The average Bonchev–Trinajstić information content (AvgIpc) is 2.68. The predicted molar refractivity (Wildman–Crippen MR) is 61.3 cm³/mol. The van der Waals surface area contributed by atoms with Crippen LogP contribution in [-0.4, -0.2) is 28.2 Å². The molecular formula is C10H15ClN4O.